The van der Waals surface area contributed by atoms with Gasteiger partial charge in [-0.15, -0.1) is 4.73 Å². The molecule has 4 aromatic rings. The zero-order valence-corrected chi connectivity index (χ0v) is 22.4. The summed E-state index contributed by atoms with van der Waals surface area (Å²) in [5.41, 5.74) is 0.746. The van der Waals surface area contributed by atoms with Crippen LogP contribution in [0.2, 0.25) is 10.0 Å². The Morgan fingerprint density at radius 1 is 0.838 bits per heavy atom. The molecule has 37 heavy (non-hydrogen) atoms. The van der Waals surface area contributed by atoms with Crippen LogP contribution >= 0.6 is 23.2 Å². The molecule has 10 nitrogen and oxygen atoms in total. The first-order valence-electron chi connectivity index (χ1n) is 10.5. The molecule has 0 fully saturated rings. The zero-order chi connectivity index (χ0) is 27.1. The molecule has 0 aliphatic heterocycles. The Morgan fingerprint density at radius 3 is 1.95 bits per heavy atom. The van der Waals surface area contributed by atoms with Crippen LogP contribution < -0.4 is 10.3 Å². The fourth-order valence-electron chi connectivity index (χ4n) is 3.27. The van der Waals surface area contributed by atoms with Crippen LogP contribution in [0.3, 0.4) is 0 Å². The number of sulfonamides is 1. The van der Waals surface area contributed by atoms with E-state index in [0.717, 1.165) is 11.1 Å². The van der Waals surface area contributed by atoms with Crippen molar-refractivity contribution in [1.29, 1.82) is 0 Å². The van der Waals surface area contributed by atoms with E-state index in [1.54, 1.807) is 26.0 Å². The molecule has 4 rings (SSSR count). The van der Waals surface area contributed by atoms with Crippen LogP contribution in [0.4, 0.5) is 11.5 Å². The highest BCUT2D eigenvalue weighted by Gasteiger charge is 2.31. The lowest BCUT2D eigenvalue weighted by Gasteiger charge is -2.09. The second kappa shape index (κ2) is 9.78. The minimum absolute atomic E-state index is 0.0474. The van der Waals surface area contributed by atoms with Gasteiger partial charge in [-0.05, 0) is 56.3 Å². The molecule has 0 radical (unpaired) electrons. The predicted octanol–water partition coefficient (Wildman–Crippen LogP) is 4.43. The normalized spacial score (nSPS) is 12.6. The van der Waals surface area contributed by atoms with Crippen molar-refractivity contribution >= 4 is 54.8 Å². The van der Waals surface area contributed by atoms with E-state index in [0.29, 0.717) is 3.97 Å². The highest BCUT2D eigenvalue weighted by molar-refractivity contribution is 7.92. The summed E-state index contributed by atoms with van der Waals surface area (Å²) in [6, 6.07) is 15.5. The average Bonchev–Trinajstić information content (AvgIpc) is 3.06. The molecule has 0 aliphatic rings. The summed E-state index contributed by atoms with van der Waals surface area (Å²) in [5, 5.41) is 22.1. The first kappa shape index (κ1) is 26.6. The van der Waals surface area contributed by atoms with Gasteiger partial charge in [0.2, 0.25) is 5.82 Å². The van der Waals surface area contributed by atoms with E-state index in [9.17, 15) is 27.1 Å². The molecule has 1 aromatic heterocycles. The maximum atomic E-state index is 13.5. The summed E-state index contributed by atoms with van der Waals surface area (Å²) in [5.74, 6) is -2.01. The number of aromatic nitrogens is 2. The number of halogens is 2. The lowest BCUT2D eigenvalue weighted by atomic mass is 10.2. The van der Waals surface area contributed by atoms with Gasteiger partial charge in [0.1, 0.15) is 0 Å². The number of aryl methyl sites for hydroxylation is 2. The first-order chi connectivity index (χ1) is 17.3. The van der Waals surface area contributed by atoms with Gasteiger partial charge in [0.25, 0.3) is 31.5 Å². The Hall–Kier alpha value is -3.45. The van der Waals surface area contributed by atoms with Gasteiger partial charge in [-0.3, -0.25) is 4.72 Å². The molecule has 3 N–H and O–H groups in total. The summed E-state index contributed by atoms with van der Waals surface area (Å²) in [4.78, 5) is 3.64. The largest absolute Gasteiger partial charge is 0.491 e. The van der Waals surface area contributed by atoms with Crippen molar-refractivity contribution in [3.05, 3.63) is 93.5 Å². The Kier molecular flexibility index (Phi) is 7.04. The third-order valence-electron chi connectivity index (χ3n) is 5.24. The van der Waals surface area contributed by atoms with E-state index in [1.807, 2.05) is 4.72 Å². The number of hydrogen-bond acceptors (Lipinski definition) is 7. The number of anilines is 1. The number of rotatable bonds is 6. The summed E-state index contributed by atoms with van der Waals surface area (Å²) in [6.45, 7) is 3.52. The van der Waals surface area contributed by atoms with Gasteiger partial charge >= 0.3 is 0 Å². The van der Waals surface area contributed by atoms with Crippen LogP contribution in [-0.2, 0) is 20.0 Å². The standard InChI is InChI=1S/C23H20Cl2N4O6S2/c1-14-3-8-17(9-4-14)36(32,33)27-21-22(30)29(37(34,35)18-10-5-15(2)6-11-18)23(28(21)31)26-20-13-16(24)7-12-19(20)25/h3-13,27,30-31H,1-2H3. The third kappa shape index (κ3) is 5.18. The van der Waals surface area contributed by atoms with Crippen LogP contribution in [0.5, 0.6) is 5.88 Å². The van der Waals surface area contributed by atoms with Crippen LogP contribution in [0, 0.1) is 13.8 Å². The van der Waals surface area contributed by atoms with Gasteiger partial charge in [0.05, 0.1) is 20.5 Å². The molecule has 0 spiro atoms. The van der Waals surface area contributed by atoms with Crippen molar-refractivity contribution in [2.45, 2.75) is 23.6 Å². The minimum Gasteiger partial charge on any atom is -0.491 e. The van der Waals surface area contributed by atoms with E-state index < -0.39 is 37.4 Å². The SMILES string of the molecule is Cc1ccc(S(=O)(=O)Nc2c(O)n(S(=O)(=O)c3ccc(C)cc3)c(=Nc3cc(Cl)ccc3Cl)n2O)cc1. The molecule has 0 saturated carbocycles. The first-order valence-corrected chi connectivity index (χ1v) is 14.2. The summed E-state index contributed by atoms with van der Waals surface area (Å²) in [6.07, 6.45) is 0. The van der Waals surface area contributed by atoms with Gasteiger partial charge in [-0.2, -0.15) is 3.97 Å². The quantitative estimate of drug-likeness (QED) is 0.287. The van der Waals surface area contributed by atoms with Crippen molar-refractivity contribution in [2.75, 3.05) is 4.72 Å². The van der Waals surface area contributed by atoms with Crippen LogP contribution in [-0.4, -0.2) is 35.9 Å². The van der Waals surface area contributed by atoms with Gasteiger partial charge in [0, 0.05) is 5.02 Å². The zero-order valence-electron chi connectivity index (χ0n) is 19.3. The van der Waals surface area contributed by atoms with Crippen molar-refractivity contribution in [3.8, 4) is 5.88 Å². The minimum atomic E-state index is -4.61. The monoisotopic (exact) mass is 582 g/mol. The van der Waals surface area contributed by atoms with Crippen molar-refractivity contribution in [1.82, 2.24) is 8.70 Å². The highest BCUT2D eigenvalue weighted by Crippen LogP contribution is 2.31. The number of nitrogens with zero attached hydrogens (tertiary/aromatic N) is 3. The smallest absolute Gasteiger partial charge is 0.273 e. The molecule has 0 bridgehead atoms. The third-order valence-corrected chi connectivity index (χ3v) is 8.83. The average molecular weight is 583 g/mol. The molecule has 0 unspecified atom stereocenters. The predicted molar refractivity (Wildman–Crippen MR) is 139 cm³/mol. The molecular weight excluding hydrogens is 563 g/mol. The molecular formula is C23H20Cl2N4O6S2. The maximum Gasteiger partial charge on any atom is 0.273 e. The van der Waals surface area contributed by atoms with Crippen LogP contribution in [0.15, 0.2) is 81.5 Å². The van der Waals surface area contributed by atoms with E-state index in [1.165, 1.54) is 54.6 Å². The van der Waals surface area contributed by atoms with Crippen molar-refractivity contribution in [3.63, 3.8) is 0 Å². The molecule has 0 atom stereocenters. The van der Waals surface area contributed by atoms with E-state index >= 15 is 0 Å². The molecule has 0 aliphatic carbocycles. The molecule has 1 heterocycles. The molecule has 0 amide bonds. The molecule has 194 valence electrons. The number of aromatic hydroxyl groups is 1. The van der Waals surface area contributed by atoms with E-state index in [4.69, 9.17) is 23.2 Å². The van der Waals surface area contributed by atoms with Gasteiger partial charge < -0.3 is 10.3 Å². The molecule has 0 saturated heterocycles. The summed E-state index contributed by atoms with van der Waals surface area (Å²) < 4.78 is 55.5. The van der Waals surface area contributed by atoms with Crippen molar-refractivity contribution < 1.29 is 27.1 Å². The Morgan fingerprint density at radius 2 is 1.38 bits per heavy atom. The van der Waals surface area contributed by atoms with Crippen LogP contribution in [0.25, 0.3) is 0 Å². The summed E-state index contributed by atoms with van der Waals surface area (Å²) in [7, 11) is -8.98. The number of benzene rings is 3. The van der Waals surface area contributed by atoms with E-state index in [2.05, 4.69) is 4.99 Å². The highest BCUT2D eigenvalue weighted by atomic mass is 35.5. The molecule has 3 aromatic carbocycles. The Balaban J connectivity index is 2.00. The fraction of sp³-hybridized carbons (Fsp3) is 0.0870. The van der Waals surface area contributed by atoms with Gasteiger partial charge in [0.15, 0.2) is 0 Å². The fourth-order valence-corrected chi connectivity index (χ4v) is 5.98. The lowest BCUT2D eigenvalue weighted by Crippen LogP contribution is -2.30. The number of imidazole rings is 1. The maximum absolute atomic E-state index is 13.5. The Bertz CT molecular complexity index is 1780. The van der Waals surface area contributed by atoms with Crippen molar-refractivity contribution in [2.24, 2.45) is 4.99 Å². The topological polar surface area (TPSA) is 143 Å². The van der Waals surface area contributed by atoms with Gasteiger partial charge in [-0.1, -0.05) is 58.6 Å². The second-order valence-electron chi connectivity index (χ2n) is 7.99. The van der Waals surface area contributed by atoms with Crippen LogP contribution in [0.1, 0.15) is 11.1 Å². The number of nitrogens with one attached hydrogen (secondary N) is 1. The Labute approximate surface area is 222 Å². The van der Waals surface area contributed by atoms with E-state index in [-0.39, 0.29) is 30.3 Å². The number of hydrogen-bond donors (Lipinski definition) is 3. The lowest BCUT2D eigenvalue weighted by molar-refractivity contribution is 0.178. The molecule has 14 heteroatoms. The van der Waals surface area contributed by atoms with Gasteiger partial charge in [-0.25, -0.2) is 21.8 Å². The summed E-state index contributed by atoms with van der Waals surface area (Å²) >= 11 is 12.2. The second-order valence-corrected chi connectivity index (χ2v) is 12.3.